The van der Waals surface area contributed by atoms with Crippen LogP contribution in [0.4, 0.5) is 0 Å². The number of carbonyl (C=O) groups is 2. The zero-order chi connectivity index (χ0) is 14.5. The van der Waals surface area contributed by atoms with E-state index in [0.29, 0.717) is 11.4 Å². The summed E-state index contributed by atoms with van der Waals surface area (Å²) in [5.74, 6) is -0.557. The Bertz CT molecular complexity index is 593. The number of hydrogen-bond donors (Lipinski definition) is 1. The molecule has 1 aromatic carbocycles. The molecule has 0 spiro atoms. The van der Waals surface area contributed by atoms with Gasteiger partial charge >= 0.3 is 5.97 Å². The van der Waals surface area contributed by atoms with E-state index in [9.17, 15) is 9.59 Å². The third kappa shape index (κ3) is 3.88. The Kier molecular flexibility index (Phi) is 4.86. The molecule has 0 aliphatic carbocycles. The lowest BCUT2D eigenvalue weighted by atomic mass is 10.2. The van der Waals surface area contributed by atoms with Gasteiger partial charge in [-0.2, -0.15) is 0 Å². The van der Waals surface area contributed by atoms with E-state index >= 15 is 0 Å². The molecule has 1 aliphatic heterocycles. The number of aliphatic imine (C=N–C) groups is 1. The van der Waals surface area contributed by atoms with Crippen LogP contribution in [0.25, 0.3) is 6.08 Å². The fourth-order valence-electron chi connectivity index (χ4n) is 1.44. The molecule has 1 aliphatic rings. The Labute approximate surface area is 124 Å². The van der Waals surface area contributed by atoms with Gasteiger partial charge in [-0.05, 0) is 41.8 Å². The maximum absolute atomic E-state index is 11.7. The number of aliphatic carboxylic acids is 1. The number of benzene rings is 1. The molecule has 20 heavy (non-hydrogen) atoms. The number of carboxylic acids is 1. The normalized spacial score (nSPS) is 16.4. The second-order valence-corrected chi connectivity index (χ2v) is 5.77. The number of carboxylic acid groups (broad SMARTS) is 1. The molecular formula is C13H11NO4S2. The number of nitrogens with zero attached hydrogens (tertiary/aromatic N) is 1. The third-order valence-corrected chi connectivity index (χ3v) is 4.17. The highest BCUT2D eigenvalue weighted by Gasteiger charge is 2.21. The summed E-state index contributed by atoms with van der Waals surface area (Å²) in [5.41, 5.74) is 1.22. The number of thioether (sulfide) groups is 2. The van der Waals surface area contributed by atoms with E-state index < -0.39 is 5.97 Å². The van der Waals surface area contributed by atoms with Crippen molar-refractivity contribution in [1.29, 1.82) is 0 Å². The lowest BCUT2D eigenvalue weighted by Crippen LogP contribution is -2.09. The van der Waals surface area contributed by atoms with Crippen LogP contribution in [0.2, 0.25) is 0 Å². The molecule has 0 radical (unpaired) electrons. The van der Waals surface area contributed by atoms with Gasteiger partial charge < -0.3 is 9.84 Å². The van der Waals surface area contributed by atoms with Gasteiger partial charge in [-0.1, -0.05) is 12.1 Å². The monoisotopic (exact) mass is 309 g/mol. The Morgan fingerprint density at radius 3 is 2.70 bits per heavy atom. The second-order valence-electron chi connectivity index (χ2n) is 3.75. The minimum atomic E-state index is -1.02. The third-order valence-electron chi connectivity index (χ3n) is 2.32. The number of rotatable bonds is 4. The smallest absolute Gasteiger partial charge is 0.341 e. The standard InChI is InChI=1S/C13H11NO4S2/c1-19-13-14-10(12(17)20-13)6-8-2-4-9(5-3-8)18-7-11(15)16/h2-6H,7H2,1H3,(H,15,16)/b10-6+. The van der Waals surface area contributed by atoms with Gasteiger partial charge in [0, 0.05) is 0 Å². The molecule has 1 N–H and O–H groups in total. The van der Waals surface area contributed by atoms with Gasteiger partial charge in [0.2, 0.25) is 5.12 Å². The van der Waals surface area contributed by atoms with Gasteiger partial charge in [0.1, 0.15) is 15.8 Å². The van der Waals surface area contributed by atoms with Crippen LogP contribution in [-0.4, -0.2) is 33.4 Å². The summed E-state index contributed by atoms with van der Waals surface area (Å²) in [4.78, 5) is 26.3. The first-order valence-electron chi connectivity index (χ1n) is 5.59. The van der Waals surface area contributed by atoms with E-state index in [1.807, 2.05) is 6.26 Å². The molecule has 104 valence electrons. The van der Waals surface area contributed by atoms with Crippen molar-refractivity contribution in [2.75, 3.05) is 12.9 Å². The molecule has 1 heterocycles. The quantitative estimate of drug-likeness (QED) is 0.861. The van der Waals surface area contributed by atoms with Crippen molar-refractivity contribution in [3.05, 3.63) is 35.5 Å². The molecule has 0 amide bonds. The number of carbonyl (C=O) groups excluding carboxylic acids is 1. The van der Waals surface area contributed by atoms with E-state index in [4.69, 9.17) is 9.84 Å². The maximum atomic E-state index is 11.7. The van der Waals surface area contributed by atoms with Crippen molar-refractivity contribution in [1.82, 2.24) is 0 Å². The Morgan fingerprint density at radius 1 is 1.45 bits per heavy atom. The summed E-state index contributed by atoms with van der Waals surface area (Å²) in [5, 5.41) is 8.44. The SMILES string of the molecule is CSC1=N/C(=C/c2ccc(OCC(=O)O)cc2)C(=O)S1. The van der Waals surface area contributed by atoms with Gasteiger partial charge in [-0.25, -0.2) is 9.79 Å². The number of hydrogen-bond acceptors (Lipinski definition) is 6. The van der Waals surface area contributed by atoms with E-state index in [0.717, 1.165) is 21.7 Å². The molecule has 1 aromatic rings. The topological polar surface area (TPSA) is 76.0 Å². The molecule has 0 aromatic heterocycles. The van der Waals surface area contributed by atoms with Crippen LogP contribution < -0.4 is 4.74 Å². The predicted octanol–water partition coefficient (Wildman–Crippen LogP) is 2.48. The summed E-state index contributed by atoms with van der Waals surface area (Å²) in [6.45, 7) is -0.378. The van der Waals surface area contributed by atoms with E-state index in [1.165, 1.54) is 11.8 Å². The average Bonchev–Trinajstić information content (AvgIpc) is 2.78. The lowest BCUT2D eigenvalue weighted by molar-refractivity contribution is -0.139. The molecular weight excluding hydrogens is 298 g/mol. The van der Waals surface area contributed by atoms with Crippen molar-refractivity contribution in [3.63, 3.8) is 0 Å². The van der Waals surface area contributed by atoms with Crippen LogP contribution in [0.5, 0.6) is 5.75 Å². The van der Waals surface area contributed by atoms with Gasteiger partial charge in [-0.3, -0.25) is 4.79 Å². The van der Waals surface area contributed by atoms with Crippen LogP contribution in [0.15, 0.2) is 35.0 Å². The lowest BCUT2D eigenvalue weighted by Gasteiger charge is -2.02. The second kappa shape index (κ2) is 6.62. The van der Waals surface area contributed by atoms with Gasteiger partial charge in [-0.15, -0.1) is 11.8 Å². The zero-order valence-electron chi connectivity index (χ0n) is 10.5. The van der Waals surface area contributed by atoms with Crippen LogP contribution in [-0.2, 0) is 9.59 Å². The van der Waals surface area contributed by atoms with Gasteiger partial charge in [0.15, 0.2) is 6.61 Å². The number of ether oxygens (including phenoxy) is 1. The summed E-state index contributed by atoms with van der Waals surface area (Å²) in [6.07, 6.45) is 3.57. The molecule has 0 unspecified atom stereocenters. The molecule has 0 atom stereocenters. The molecule has 0 saturated carbocycles. The highest BCUT2D eigenvalue weighted by atomic mass is 32.2. The summed E-state index contributed by atoms with van der Waals surface area (Å²) in [6, 6.07) is 6.80. The predicted molar refractivity (Wildman–Crippen MR) is 81.1 cm³/mol. The summed E-state index contributed by atoms with van der Waals surface area (Å²) >= 11 is 2.56. The first-order valence-corrected chi connectivity index (χ1v) is 7.64. The molecule has 2 rings (SSSR count). The minimum Gasteiger partial charge on any atom is -0.482 e. The first-order chi connectivity index (χ1) is 9.58. The van der Waals surface area contributed by atoms with Gasteiger partial charge in [0.25, 0.3) is 0 Å². The molecule has 7 heteroatoms. The van der Waals surface area contributed by atoms with Crippen molar-refractivity contribution >= 4 is 45.1 Å². The van der Waals surface area contributed by atoms with Crippen LogP contribution >= 0.6 is 23.5 Å². The Morgan fingerprint density at radius 2 is 2.15 bits per heavy atom. The Balaban J connectivity index is 2.09. The molecule has 0 fully saturated rings. The average molecular weight is 309 g/mol. The largest absolute Gasteiger partial charge is 0.482 e. The fraction of sp³-hybridized carbons (Fsp3) is 0.154. The molecule has 5 nitrogen and oxygen atoms in total. The van der Waals surface area contributed by atoms with Crippen molar-refractivity contribution in [2.24, 2.45) is 4.99 Å². The fourth-order valence-corrected chi connectivity index (χ4v) is 2.70. The zero-order valence-corrected chi connectivity index (χ0v) is 12.2. The van der Waals surface area contributed by atoms with Crippen molar-refractivity contribution in [2.45, 2.75) is 0 Å². The molecule has 0 saturated heterocycles. The van der Waals surface area contributed by atoms with E-state index in [2.05, 4.69) is 4.99 Å². The summed E-state index contributed by atoms with van der Waals surface area (Å²) in [7, 11) is 0. The minimum absolute atomic E-state index is 0.0689. The Hall–Kier alpha value is -1.73. The van der Waals surface area contributed by atoms with Gasteiger partial charge in [0.05, 0.1) is 0 Å². The summed E-state index contributed by atoms with van der Waals surface area (Å²) < 4.78 is 5.76. The van der Waals surface area contributed by atoms with Crippen LogP contribution in [0, 0.1) is 0 Å². The highest BCUT2D eigenvalue weighted by molar-refractivity contribution is 8.45. The van der Waals surface area contributed by atoms with Crippen LogP contribution in [0.3, 0.4) is 0 Å². The van der Waals surface area contributed by atoms with Crippen molar-refractivity contribution < 1.29 is 19.4 Å². The van der Waals surface area contributed by atoms with E-state index in [-0.39, 0.29) is 11.7 Å². The van der Waals surface area contributed by atoms with Crippen molar-refractivity contribution in [3.8, 4) is 5.75 Å². The van der Waals surface area contributed by atoms with E-state index in [1.54, 1.807) is 30.3 Å². The van der Waals surface area contributed by atoms with Crippen LogP contribution in [0.1, 0.15) is 5.56 Å². The maximum Gasteiger partial charge on any atom is 0.341 e. The molecule has 0 bridgehead atoms. The first kappa shape index (κ1) is 14.7. The highest BCUT2D eigenvalue weighted by Crippen LogP contribution is 2.29.